The summed E-state index contributed by atoms with van der Waals surface area (Å²) in [7, 11) is -1.99. The first-order chi connectivity index (χ1) is 6.75. The molecule has 0 spiro atoms. The normalized spacial score (nSPS) is 11.7. The molecule has 0 saturated carbocycles. The Bertz CT molecular complexity index is 372. The van der Waals surface area contributed by atoms with E-state index < -0.39 is 29.6 Å². The Labute approximate surface area is 87.7 Å². The molecular weight excluding hydrogens is 201 g/mol. The summed E-state index contributed by atoms with van der Waals surface area (Å²) in [4.78, 5) is 0. The number of hydrogen-bond donors (Lipinski definition) is 2. The zero-order chi connectivity index (χ0) is 11.8. The van der Waals surface area contributed by atoms with Crippen molar-refractivity contribution in [2.45, 2.75) is 26.2 Å². The van der Waals surface area contributed by atoms with Gasteiger partial charge in [0, 0.05) is 5.46 Å². The highest BCUT2D eigenvalue weighted by molar-refractivity contribution is 6.58. The molecule has 1 aromatic carbocycles. The second-order valence-electron chi connectivity index (χ2n) is 4.45. The number of halogens is 2. The van der Waals surface area contributed by atoms with E-state index in [1.807, 2.05) is 0 Å². The van der Waals surface area contributed by atoms with Crippen LogP contribution in [0.5, 0.6) is 0 Å². The van der Waals surface area contributed by atoms with Crippen molar-refractivity contribution in [2.75, 3.05) is 0 Å². The molecule has 0 saturated heterocycles. The highest BCUT2D eigenvalue weighted by Crippen LogP contribution is 2.25. The van der Waals surface area contributed by atoms with Gasteiger partial charge in [-0.2, -0.15) is 0 Å². The lowest BCUT2D eigenvalue weighted by Gasteiger charge is -2.20. The highest BCUT2D eigenvalue weighted by atomic mass is 19.2. The summed E-state index contributed by atoms with van der Waals surface area (Å²) in [5.74, 6) is -2.22. The standard InChI is InChI=1S/C10H13BF2O2/c1-10(2,3)6-4-5-7(11(14)15)9(13)8(6)12/h4-5,14-15H,1-3H3. The van der Waals surface area contributed by atoms with E-state index in [0.29, 0.717) is 0 Å². The van der Waals surface area contributed by atoms with Gasteiger partial charge in [0.1, 0.15) is 0 Å². The first kappa shape index (κ1) is 12.1. The lowest BCUT2D eigenvalue weighted by molar-refractivity contribution is 0.417. The quantitative estimate of drug-likeness (QED) is 0.683. The molecule has 0 aromatic heterocycles. The van der Waals surface area contributed by atoms with Crippen molar-refractivity contribution in [3.05, 3.63) is 29.3 Å². The van der Waals surface area contributed by atoms with Gasteiger partial charge < -0.3 is 10.0 Å². The van der Waals surface area contributed by atoms with Crippen LogP contribution in [-0.2, 0) is 5.41 Å². The Morgan fingerprint density at radius 2 is 1.60 bits per heavy atom. The summed E-state index contributed by atoms with van der Waals surface area (Å²) in [6.45, 7) is 5.25. The minimum Gasteiger partial charge on any atom is -0.423 e. The van der Waals surface area contributed by atoms with Gasteiger partial charge in [0.15, 0.2) is 11.6 Å². The summed E-state index contributed by atoms with van der Waals surface area (Å²) in [5.41, 5.74) is -0.756. The van der Waals surface area contributed by atoms with Gasteiger partial charge in [-0.05, 0) is 11.0 Å². The largest absolute Gasteiger partial charge is 0.491 e. The van der Waals surface area contributed by atoms with Crippen molar-refractivity contribution in [1.29, 1.82) is 0 Å². The van der Waals surface area contributed by atoms with Crippen LogP contribution in [0.3, 0.4) is 0 Å². The van der Waals surface area contributed by atoms with Gasteiger partial charge in [0.05, 0.1) is 0 Å². The van der Waals surface area contributed by atoms with Crippen molar-refractivity contribution in [2.24, 2.45) is 0 Å². The molecule has 0 radical (unpaired) electrons. The SMILES string of the molecule is CC(C)(C)c1ccc(B(O)O)c(F)c1F. The van der Waals surface area contributed by atoms with Crippen LogP contribution >= 0.6 is 0 Å². The molecule has 0 aliphatic rings. The molecule has 2 N–H and O–H groups in total. The lowest BCUT2D eigenvalue weighted by Crippen LogP contribution is -2.34. The third-order valence-electron chi connectivity index (χ3n) is 2.20. The number of rotatable bonds is 1. The average molecular weight is 214 g/mol. The van der Waals surface area contributed by atoms with Crippen molar-refractivity contribution in [1.82, 2.24) is 0 Å². The predicted octanol–water partition coefficient (Wildman–Crippen LogP) is 0.942. The summed E-state index contributed by atoms with van der Waals surface area (Å²) in [6, 6.07) is 2.55. The molecule has 0 atom stereocenters. The van der Waals surface area contributed by atoms with Crippen LogP contribution in [0.1, 0.15) is 26.3 Å². The molecule has 0 fully saturated rings. The van der Waals surface area contributed by atoms with Crippen molar-refractivity contribution >= 4 is 12.6 Å². The first-order valence-corrected chi connectivity index (χ1v) is 4.59. The summed E-state index contributed by atoms with van der Waals surface area (Å²) in [6.07, 6.45) is 0. The Kier molecular flexibility index (Phi) is 3.16. The molecule has 0 aliphatic heterocycles. The van der Waals surface area contributed by atoms with E-state index in [0.717, 1.165) is 0 Å². The van der Waals surface area contributed by atoms with Gasteiger partial charge >= 0.3 is 7.12 Å². The topological polar surface area (TPSA) is 40.5 Å². The molecule has 0 unspecified atom stereocenters. The van der Waals surface area contributed by atoms with Crippen molar-refractivity contribution in [3.63, 3.8) is 0 Å². The van der Waals surface area contributed by atoms with Gasteiger partial charge in [-0.15, -0.1) is 0 Å². The molecule has 0 heterocycles. The third-order valence-corrected chi connectivity index (χ3v) is 2.20. The summed E-state index contributed by atoms with van der Waals surface area (Å²) >= 11 is 0. The number of benzene rings is 1. The molecule has 0 amide bonds. The maximum atomic E-state index is 13.5. The predicted molar refractivity (Wildman–Crippen MR) is 54.9 cm³/mol. The molecule has 1 rings (SSSR count). The van der Waals surface area contributed by atoms with E-state index in [1.165, 1.54) is 12.1 Å². The van der Waals surface area contributed by atoms with Crippen molar-refractivity contribution in [3.8, 4) is 0 Å². The van der Waals surface area contributed by atoms with Crippen LogP contribution in [0, 0.1) is 11.6 Å². The fraction of sp³-hybridized carbons (Fsp3) is 0.400. The van der Waals surface area contributed by atoms with Crippen LogP contribution in [-0.4, -0.2) is 17.2 Å². The Hall–Kier alpha value is -0.935. The molecule has 15 heavy (non-hydrogen) atoms. The van der Waals surface area contributed by atoms with Gasteiger partial charge in [-0.3, -0.25) is 0 Å². The molecular formula is C10H13BF2O2. The van der Waals surface area contributed by atoms with E-state index in [1.54, 1.807) is 20.8 Å². The second kappa shape index (κ2) is 3.91. The minimum atomic E-state index is -1.99. The Morgan fingerprint density at radius 1 is 1.07 bits per heavy atom. The van der Waals surface area contributed by atoms with Crippen molar-refractivity contribution < 1.29 is 18.8 Å². The van der Waals surface area contributed by atoms with E-state index in [2.05, 4.69) is 0 Å². The van der Waals surface area contributed by atoms with Crippen LogP contribution < -0.4 is 5.46 Å². The van der Waals surface area contributed by atoms with E-state index in [-0.39, 0.29) is 5.56 Å². The average Bonchev–Trinajstić information content (AvgIpc) is 2.06. The van der Waals surface area contributed by atoms with Gasteiger partial charge in [0.25, 0.3) is 0 Å². The Morgan fingerprint density at radius 3 is 2.00 bits per heavy atom. The zero-order valence-corrected chi connectivity index (χ0v) is 8.88. The maximum absolute atomic E-state index is 13.5. The fourth-order valence-electron chi connectivity index (χ4n) is 1.34. The highest BCUT2D eigenvalue weighted by Gasteiger charge is 2.26. The van der Waals surface area contributed by atoms with Crippen LogP contribution in [0.25, 0.3) is 0 Å². The van der Waals surface area contributed by atoms with Gasteiger partial charge in [-0.25, -0.2) is 8.78 Å². The van der Waals surface area contributed by atoms with E-state index in [4.69, 9.17) is 10.0 Å². The van der Waals surface area contributed by atoms with Gasteiger partial charge in [0.2, 0.25) is 0 Å². The monoisotopic (exact) mass is 214 g/mol. The second-order valence-corrected chi connectivity index (χ2v) is 4.45. The Balaban J connectivity index is 3.34. The maximum Gasteiger partial charge on any atom is 0.491 e. The minimum absolute atomic E-state index is 0.212. The summed E-state index contributed by atoms with van der Waals surface area (Å²) in [5, 5.41) is 17.5. The van der Waals surface area contributed by atoms with Crippen LogP contribution in [0.4, 0.5) is 8.78 Å². The molecule has 1 aromatic rings. The van der Waals surface area contributed by atoms with Crippen LogP contribution in [0.2, 0.25) is 0 Å². The van der Waals surface area contributed by atoms with E-state index >= 15 is 0 Å². The van der Waals surface area contributed by atoms with Gasteiger partial charge in [-0.1, -0.05) is 32.9 Å². The van der Waals surface area contributed by atoms with Crippen LogP contribution in [0.15, 0.2) is 12.1 Å². The first-order valence-electron chi connectivity index (χ1n) is 4.59. The zero-order valence-electron chi connectivity index (χ0n) is 8.88. The molecule has 82 valence electrons. The summed E-state index contributed by atoms with van der Waals surface area (Å²) < 4.78 is 26.9. The fourth-order valence-corrected chi connectivity index (χ4v) is 1.34. The van der Waals surface area contributed by atoms with E-state index in [9.17, 15) is 8.78 Å². The smallest absolute Gasteiger partial charge is 0.423 e. The third kappa shape index (κ3) is 2.35. The molecule has 5 heteroatoms. The molecule has 2 nitrogen and oxygen atoms in total. The number of hydrogen-bond acceptors (Lipinski definition) is 2. The molecule has 0 aliphatic carbocycles. The molecule has 0 bridgehead atoms. The lowest BCUT2D eigenvalue weighted by atomic mass is 9.77.